The van der Waals surface area contributed by atoms with E-state index in [0.717, 1.165) is 43.5 Å². The molecular weight excluding hydrogens is 410 g/mol. The zero-order chi connectivity index (χ0) is 19.6. The Morgan fingerprint density at radius 1 is 1.14 bits per heavy atom. The van der Waals surface area contributed by atoms with Crippen molar-refractivity contribution in [2.24, 2.45) is 0 Å². The lowest BCUT2D eigenvalue weighted by atomic mass is 10.0. The van der Waals surface area contributed by atoms with E-state index in [1.165, 1.54) is 0 Å². The van der Waals surface area contributed by atoms with Gasteiger partial charge in [-0.25, -0.2) is 4.98 Å². The van der Waals surface area contributed by atoms with E-state index >= 15 is 0 Å². The number of fused-ring (bicyclic) bond motifs is 1. The first-order valence-electron chi connectivity index (χ1n) is 8.88. The molecule has 2 aromatic carbocycles. The van der Waals surface area contributed by atoms with Crippen molar-refractivity contribution in [3.63, 3.8) is 0 Å². The number of benzene rings is 2. The number of hydrogen-bond acceptors (Lipinski definition) is 5. The first kappa shape index (κ1) is 22.7. The molecule has 1 aromatic heterocycles. The zero-order valence-corrected chi connectivity index (χ0v) is 19.3. The summed E-state index contributed by atoms with van der Waals surface area (Å²) in [6, 6.07) is 12.2. The molecule has 0 saturated heterocycles. The summed E-state index contributed by atoms with van der Waals surface area (Å²) in [4.78, 5) is 23.3. The summed E-state index contributed by atoms with van der Waals surface area (Å²) < 4.78 is 1.11. The van der Waals surface area contributed by atoms with Crippen molar-refractivity contribution < 1.29 is 4.79 Å². The molecule has 0 aliphatic rings. The van der Waals surface area contributed by atoms with E-state index in [4.69, 9.17) is 4.98 Å². The minimum absolute atomic E-state index is 0. The fourth-order valence-electron chi connectivity index (χ4n) is 2.97. The first-order valence-corrected chi connectivity index (χ1v) is 10.9. The van der Waals surface area contributed by atoms with Gasteiger partial charge in [-0.05, 0) is 58.0 Å². The molecule has 0 aliphatic heterocycles. The maximum absolute atomic E-state index is 13.4. The highest BCUT2D eigenvalue weighted by Gasteiger charge is 2.23. The van der Waals surface area contributed by atoms with Gasteiger partial charge in [-0.15, -0.1) is 24.2 Å². The van der Waals surface area contributed by atoms with Gasteiger partial charge in [0.15, 0.2) is 5.13 Å². The molecule has 0 aliphatic carbocycles. The molecule has 0 spiro atoms. The standard InChI is InChI=1S/C21H25N3OS2.ClH/c1-14-9-10-16(15(2)13-14)20(25)24(12-11-23(3)4)21-22-19-17(26-5)7-6-8-18(19)27-21;/h6-10,13H,11-12H2,1-5H3;1H. The van der Waals surface area contributed by atoms with Crippen molar-refractivity contribution in [1.82, 2.24) is 9.88 Å². The van der Waals surface area contributed by atoms with Crippen molar-refractivity contribution in [3.8, 4) is 0 Å². The predicted octanol–water partition coefficient (Wildman–Crippen LogP) is 5.27. The van der Waals surface area contributed by atoms with Crippen LogP contribution in [0.4, 0.5) is 5.13 Å². The van der Waals surface area contributed by atoms with Crippen molar-refractivity contribution in [2.75, 3.05) is 38.3 Å². The number of para-hydroxylation sites is 1. The largest absolute Gasteiger partial charge is 0.308 e. The fourth-order valence-corrected chi connectivity index (χ4v) is 4.62. The van der Waals surface area contributed by atoms with Gasteiger partial charge in [0, 0.05) is 23.5 Å². The first-order chi connectivity index (χ1) is 12.9. The number of amides is 1. The topological polar surface area (TPSA) is 36.4 Å². The minimum Gasteiger partial charge on any atom is -0.308 e. The Hall–Kier alpha value is -1.60. The molecule has 0 radical (unpaired) electrons. The lowest BCUT2D eigenvalue weighted by Crippen LogP contribution is -2.37. The summed E-state index contributed by atoms with van der Waals surface area (Å²) in [5, 5.41) is 0.762. The number of nitrogens with zero attached hydrogens (tertiary/aromatic N) is 3. The molecule has 3 aromatic rings. The Bertz CT molecular complexity index is 971. The lowest BCUT2D eigenvalue weighted by molar-refractivity contribution is 0.0984. The number of hydrogen-bond donors (Lipinski definition) is 0. The average molecular weight is 436 g/mol. The summed E-state index contributed by atoms with van der Waals surface area (Å²) in [6.45, 7) is 5.42. The number of likely N-dealkylation sites (N-methyl/N-ethyl adjacent to an activating group) is 1. The van der Waals surface area contributed by atoms with E-state index in [1.807, 2.05) is 51.0 Å². The van der Waals surface area contributed by atoms with Gasteiger partial charge in [-0.2, -0.15) is 0 Å². The number of anilines is 1. The van der Waals surface area contributed by atoms with Crippen LogP contribution >= 0.6 is 35.5 Å². The van der Waals surface area contributed by atoms with E-state index in [2.05, 4.69) is 29.4 Å². The van der Waals surface area contributed by atoms with Crippen LogP contribution in [-0.2, 0) is 0 Å². The molecule has 3 rings (SSSR count). The van der Waals surface area contributed by atoms with Crippen molar-refractivity contribution in [3.05, 3.63) is 53.1 Å². The van der Waals surface area contributed by atoms with Gasteiger partial charge in [0.1, 0.15) is 0 Å². The Kier molecular flexibility index (Phi) is 7.89. The number of thiazole rings is 1. The molecular formula is C21H26ClN3OS2. The molecule has 0 saturated carbocycles. The number of carbonyl (C=O) groups excluding carboxylic acids is 1. The molecule has 0 fully saturated rings. The monoisotopic (exact) mass is 435 g/mol. The number of carbonyl (C=O) groups is 1. The number of halogens is 1. The molecule has 1 amide bonds. The molecule has 150 valence electrons. The van der Waals surface area contributed by atoms with Gasteiger partial charge in [0.25, 0.3) is 5.91 Å². The van der Waals surface area contributed by atoms with Crippen LogP contribution in [0.25, 0.3) is 10.2 Å². The Morgan fingerprint density at radius 2 is 1.89 bits per heavy atom. The highest BCUT2D eigenvalue weighted by atomic mass is 35.5. The van der Waals surface area contributed by atoms with E-state index in [0.29, 0.717) is 6.54 Å². The van der Waals surface area contributed by atoms with Gasteiger partial charge in [0.05, 0.1) is 10.2 Å². The van der Waals surface area contributed by atoms with Crippen LogP contribution < -0.4 is 4.90 Å². The molecule has 28 heavy (non-hydrogen) atoms. The zero-order valence-electron chi connectivity index (χ0n) is 16.9. The maximum atomic E-state index is 13.4. The van der Waals surface area contributed by atoms with Crippen LogP contribution in [0.1, 0.15) is 21.5 Å². The average Bonchev–Trinajstić information content (AvgIpc) is 3.05. The van der Waals surface area contributed by atoms with E-state index in [-0.39, 0.29) is 18.3 Å². The molecule has 0 atom stereocenters. The Morgan fingerprint density at radius 3 is 2.54 bits per heavy atom. The van der Waals surface area contributed by atoms with Crippen molar-refractivity contribution in [1.29, 1.82) is 0 Å². The summed E-state index contributed by atoms with van der Waals surface area (Å²) >= 11 is 3.26. The molecule has 0 unspecified atom stereocenters. The molecule has 0 bridgehead atoms. The molecule has 7 heteroatoms. The summed E-state index contributed by atoms with van der Waals surface area (Å²) in [6.07, 6.45) is 2.05. The second kappa shape index (κ2) is 9.74. The molecule has 0 N–H and O–H groups in total. The number of thioether (sulfide) groups is 1. The van der Waals surface area contributed by atoms with E-state index in [1.54, 1.807) is 23.1 Å². The van der Waals surface area contributed by atoms with Crippen LogP contribution in [0, 0.1) is 13.8 Å². The van der Waals surface area contributed by atoms with Crippen LogP contribution in [-0.4, -0.2) is 49.2 Å². The second-order valence-corrected chi connectivity index (χ2v) is 8.74. The van der Waals surface area contributed by atoms with Crippen LogP contribution in [0.5, 0.6) is 0 Å². The van der Waals surface area contributed by atoms with Gasteiger partial charge >= 0.3 is 0 Å². The van der Waals surface area contributed by atoms with Gasteiger partial charge < -0.3 is 4.90 Å². The summed E-state index contributed by atoms with van der Waals surface area (Å²) in [5.41, 5.74) is 3.88. The Labute approximate surface area is 181 Å². The van der Waals surface area contributed by atoms with Crippen LogP contribution in [0.2, 0.25) is 0 Å². The predicted molar refractivity (Wildman–Crippen MR) is 125 cm³/mol. The lowest BCUT2D eigenvalue weighted by Gasteiger charge is -2.23. The summed E-state index contributed by atoms with van der Waals surface area (Å²) in [5.74, 6) is 0.0131. The third-order valence-electron chi connectivity index (χ3n) is 4.45. The van der Waals surface area contributed by atoms with Crippen molar-refractivity contribution in [2.45, 2.75) is 18.7 Å². The Balaban J connectivity index is 0.00000280. The van der Waals surface area contributed by atoms with E-state index < -0.39 is 0 Å². The summed E-state index contributed by atoms with van der Waals surface area (Å²) in [7, 11) is 4.04. The van der Waals surface area contributed by atoms with E-state index in [9.17, 15) is 4.79 Å². The van der Waals surface area contributed by atoms with Gasteiger partial charge in [0.2, 0.25) is 0 Å². The molecule has 4 nitrogen and oxygen atoms in total. The SMILES string of the molecule is CSc1cccc2sc(N(CCN(C)C)C(=O)c3ccc(C)cc3C)nc12.Cl. The highest BCUT2D eigenvalue weighted by Crippen LogP contribution is 2.34. The van der Waals surface area contributed by atoms with Crippen molar-refractivity contribution >= 4 is 56.8 Å². The smallest absolute Gasteiger partial charge is 0.260 e. The fraction of sp³-hybridized carbons (Fsp3) is 0.333. The van der Waals surface area contributed by atoms with Crippen LogP contribution in [0.3, 0.4) is 0 Å². The number of aromatic nitrogens is 1. The number of rotatable bonds is 6. The quantitative estimate of drug-likeness (QED) is 0.494. The van der Waals surface area contributed by atoms with Crippen LogP contribution in [0.15, 0.2) is 41.3 Å². The number of aryl methyl sites for hydroxylation is 2. The highest BCUT2D eigenvalue weighted by molar-refractivity contribution is 7.98. The van der Waals surface area contributed by atoms with Gasteiger partial charge in [-0.1, -0.05) is 35.1 Å². The second-order valence-electron chi connectivity index (χ2n) is 6.88. The third kappa shape index (κ3) is 4.87. The maximum Gasteiger partial charge on any atom is 0.260 e. The van der Waals surface area contributed by atoms with Gasteiger partial charge in [-0.3, -0.25) is 9.69 Å². The minimum atomic E-state index is 0. The molecule has 1 heterocycles. The normalized spacial score (nSPS) is 10.9. The third-order valence-corrected chi connectivity index (χ3v) is 6.26.